The van der Waals surface area contributed by atoms with Gasteiger partial charge in [-0.2, -0.15) is 4.31 Å². The zero-order chi connectivity index (χ0) is 12.5. The minimum atomic E-state index is -3.41. The molecular weight excluding hydrogens is 238 g/mol. The Hall–Kier alpha value is -0.850. The molecule has 5 nitrogen and oxygen atoms in total. The van der Waals surface area contributed by atoms with Crippen molar-refractivity contribution in [3.8, 4) is 0 Å². The van der Waals surface area contributed by atoms with Gasteiger partial charge in [0.1, 0.15) is 0 Å². The van der Waals surface area contributed by atoms with Gasteiger partial charge in [0.2, 0.25) is 10.0 Å². The van der Waals surface area contributed by atoms with E-state index in [1.807, 2.05) is 6.92 Å². The van der Waals surface area contributed by atoms with Gasteiger partial charge in [0.25, 0.3) is 0 Å². The van der Waals surface area contributed by atoms with E-state index >= 15 is 0 Å². The van der Waals surface area contributed by atoms with Gasteiger partial charge in [-0.15, -0.1) is 0 Å². The summed E-state index contributed by atoms with van der Waals surface area (Å²) < 4.78 is 26.5. The fourth-order valence-electron chi connectivity index (χ4n) is 2.51. The van der Waals surface area contributed by atoms with Crippen LogP contribution < -0.4 is 5.73 Å². The lowest BCUT2D eigenvalue weighted by Gasteiger charge is -2.38. The van der Waals surface area contributed by atoms with E-state index in [1.165, 1.54) is 6.20 Å². The molecule has 0 aliphatic carbocycles. The standard InChI is InChI=1S/C11H19N3O2S/c1-9-3-2-4-10(7-12)14(9)17(15,16)11-5-6-13-8-11/h5-6,8-10,13H,2-4,7,12H2,1H3. The summed E-state index contributed by atoms with van der Waals surface area (Å²) in [5.74, 6) is 0. The molecule has 6 heteroatoms. The molecule has 1 saturated heterocycles. The Morgan fingerprint density at radius 1 is 1.53 bits per heavy atom. The summed E-state index contributed by atoms with van der Waals surface area (Å²) in [4.78, 5) is 3.11. The summed E-state index contributed by atoms with van der Waals surface area (Å²) in [7, 11) is -3.41. The zero-order valence-electron chi connectivity index (χ0n) is 9.96. The molecule has 2 atom stereocenters. The third kappa shape index (κ3) is 2.25. The number of nitrogens with one attached hydrogen (secondary N) is 1. The normalized spacial score (nSPS) is 27.2. The average molecular weight is 257 g/mol. The van der Waals surface area contributed by atoms with Crippen LogP contribution in [-0.4, -0.2) is 36.3 Å². The molecule has 0 saturated carbocycles. The Balaban J connectivity index is 2.36. The van der Waals surface area contributed by atoms with Crippen molar-refractivity contribution >= 4 is 10.0 Å². The molecule has 1 aromatic heterocycles. The first kappa shape index (κ1) is 12.6. The Labute approximate surface area is 102 Å². The number of aromatic amines is 1. The quantitative estimate of drug-likeness (QED) is 0.844. The Bertz CT molecular complexity index is 455. The van der Waals surface area contributed by atoms with Crippen LogP contribution in [0, 0.1) is 0 Å². The van der Waals surface area contributed by atoms with Gasteiger partial charge < -0.3 is 10.7 Å². The molecule has 0 aromatic carbocycles. The van der Waals surface area contributed by atoms with Crippen molar-refractivity contribution in [1.29, 1.82) is 0 Å². The van der Waals surface area contributed by atoms with Crippen LogP contribution in [0.1, 0.15) is 26.2 Å². The number of nitrogens with zero attached hydrogens (tertiary/aromatic N) is 1. The van der Waals surface area contributed by atoms with Crippen molar-refractivity contribution in [3.05, 3.63) is 18.5 Å². The highest BCUT2D eigenvalue weighted by molar-refractivity contribution is 7.89. The molecule has 1 aromatic rings. The number of hydrogen-bond acceptors (Lipinski definition) is 3. The molecule has 3 N–H and O–H groups in total. The molecule has 0 spiro atoms. The van der Waals surface area contributed by atoms with Crippen molar-refractivity contribution in [3.63, 3.8) is 0 Å². The molecule has 0 bridgehead atoms. The van der Waals surface area contributed by atoms with E-state index in [9.17, 15) is 8.42 Å². The number of hydrogen-bond donors (Lipinski definition) is 2. The fraction of sp³-hybridized carbons (Fsp3) is 0.636. The van der Waals surface area contributed by atoms with Crippen LogP contribution in [0.25, 0.3) is 0 Å². The van der Waals surface area contributed by atoms with E-state index < -0.39 is 10.0 Å². The molecule has 17 heavy (non-hydrogen) atoms. The minimum absolute atomic E-state index is 0.0252. The minimum Gasteiger partial charge on any atom is -0.366 e. The summed E-state index contributed by atoms with van der Waals surface area (Å²) in [6, 6.07) is 1.54. The van der Waals surface area contributed by atoms with E-state index in [0.717, 1.165) is 19.3 Å². The number of H-pyrrole nitrogens is 1. The first-order valence-electron chi connectivity index (χ1n) is 5.93. The number of aromatic nitrogens is 1. The van der Waals surface area contributed by atoms with Gasteiger partial charge in [0.05, 0.1) is 4.90 Å². The monoisotopic (exact) mass is 257 g/mol. The topological polar surface area (TPSA) is 79.2 Å². The van der Waals surface area contributed by atoms with Crippen LogP contribution >= 0.6 is 0 Å². The fourth-order valence-corrected chi connectivity index (χ4v) is 4.37. The maximum Gasteiger partial charge on any atom is 0.245 e. The van der Waals surface area contributed by atoms with E-state index in [0.29, 0.717) is 11.4 Å². The second-order valence-corrected chi connectivity index (χ2v) is 6.39. The first-order chi connectivity index (χ1) is 8.07. The Morgan fingerprint density at radius 3 is 2.88 bits per heavy atom. The van der Waals surface area contributed by atoms with Crippen molar-refractivity contribution < 1.29 is 8.42 Å². The van der Waals surface area contributed by atoms with Crippen LogP contribution in [0.3, 0.4) is 0 Å². The number of piperidine rings is 1. The van der Waals surface area contributed by atoms with Gasteiger partial charge in [-0.05, 0) is 25.8 Å². The largest absolute Gasteiger partial charge is 0.366 e. The summed E-state index contributed by atoms with van der Waals surface area (Å²) >= 11 is 0. The number of nitrogens with two attached hydrogens (primary N) is 1. The third-order valence-corrected chi connectivity index (χ3v) is 5.43. The number of rotatable bonds is 3. The zero-order valence-corrected chi connectivity index (χ0v) is 10.8. The van der Waals surface area contributed by atoms with E-state index in [1.54, 1.807) is 16.6 Å². The lowest BCUT2D eigenvalue weighted by molar-refractivity contribution is 0.196. The van der Waals surface area contributed by atoms with Crippen molar-refractivity contribution in [1.82, 2.24) is 9.29 Å². The third-order valence-electron chi connectivity index (χ3n) is 3.37. The van der Waals surface area contributed by atoms with Gasteiger partial charge in [-0.3, -0.25) is 0 Å². The van der Waals surface area contributed by atoms with Gasteiger partial charge in [0.15, 0.2) is 0 Å². The van der Waals surface area contributed by atoms with Gasteiger partial charge in [-0.1, -0.05) is 6.42 Å². The molecule has 0 radical (unpaired) electrons. The summed E-state index contributed by atoms with van der Waals surface area (Å²) in [5, 5.41) is 0. The van der Waals surface area contributed by atoms with Crippen LogP contribution in [0.15, 0.2) is 23.4 Å². The SMILES string of the molecule is CC1CCCC(CN)N1S(=O)(=O)c1cc[nH]c1. The second kappa shape index (κ2) is 4.80. The van der Waals surface area contributed by atoms with Crippen LogP contribution in [-0.2, 0) is 10.0 Å². The molecule has 96 valence electrons. The molecular formula is C11H19N3O2S. The molecule has 2 rings (SSSR count). The highest BCUT2D eigenvalue weighted by Crippen LogP contribution is 2.28. The van der Waals surface area contributed by atoms with Crippen LogP contribution in [0.2, 0.25) is 0 Å². The van der Waals surface area contributed by atoms with E-state index in [-0.39, 0.29) is 12.1 Å². The lowest BCUT2D eigenvalue weighted by Crippen LogP contribution is -2.51. The summed E-state index contributed by atoms with van der Waals surface area (Å²) in [6.45, 7) is 2.33. The Kier molecular flexibility index (Phi) is 3.56. The lowest BCUT2D eigenvalue weighted by atomic mass is 10.00. The second-order valence-electron chi connectivity index (χ2n) is 4.55. The smallest absolute Gasteiger partial charge is 0.245 e. The summed E-state index contributed by atoms with van der Waals surface area (Å²) in [5.41, 5.74) is 5.69. The van der Waals surface area contributed by atoms with Gasteiger partial charge in [0, 0.05) is 31.0 Å². The van der Waals surface area contributed by atoms with Crippen molar-refractivity contribution in [2.24, 2.45) is 5.73 Å². The summed E-state index contributed by atoms with van der Waals surface area (Å²) in [6.07, 6.45) is 5.94. The maximum atomic E-state index is 12.5. The van der Waals surface area contributed by atoms with Gasteiger partial charge >= 0.3 is 0 Å². The molecule has 2 unspecified atom stereocenters. The van der Waals surface area contributed by atoms with Crippen LogP contribution in [0.4, 0.5) is 0 Å². The first-order valence-corrected chi connectivity index (χ1v) is 7.37. The predicted octanol–water partition coefficient (Wildman–Crippen LogP) is 0.905. The molecule has 1 aliphatic heterocycles. The maximum absolute atomic E-state index is 12.5. The van der Waals surface area contributed by atoms with E-state index in [4.69, 9.17) is 5.73 Å². The van der Waals surface area contributed by atoms with Gasteiger partial charge in [-0.25, -0.2) is 8.42 Å². The highest BCUT2D eigenvalue weighted by atomic mass is 32.2. The predicted molar refractivity (Wildman–Crippen MR) is 66.0 cm³/mol. The number of sulfonamides is 1. The molecule has 0 amide bonds. The van der Waals surface area contributed by atoms with Crippen molar-refractivity contribution in [2.75, 3.05) is 6.54 Å². The van der Waals surface area contributed by atoms with Crippen LogP contribution in [0.5, 0.6) is 0 Å². The molecule has 1 fully saturated rings. The average Bonchev–Trinajstić information content (AvgIpc) is 2.82. The van der Waals surface area contributed by atoms with E-state index in [2.05, 4.69) is 4.98 Å². The highest BCUT2D eigenvalue weighted by Gasteiger charge is 2.37. The molecule has 1 aliphatic rings. The Morgan fingerprint density at radius 2 is 2.29 bits per heavy atom. The van der Waals surface area contributed by atoms with Crippen molar-refractivity contribution in [2.45, 2.75) is 43.2 Å². The molecule has 2 heterocycles.